The summed E-state index contributed by atoms with van der Waals surface area (Å²) in [5.41, 5.74) is 1.62. The van der Waals surface area contributed by atoms with Crippen molar-refractivity contribution in [3.63, 3.8) is 0 Å². The van der Waals surface area contributed by atoms with E-state index >= 15 is 0 Å². The maximum absolute atomic E-state index is 10.6. The van der Waals surface area contributed by atoms with Crippen molar-refractivity contribution < 1.29 is 19.2 Å². The fourth-order valence-corrected chi connectivity index (χ4v) is 1.67. The van der Waals surface area contributed by atoms with Gasteiger partial charge in [-0.2, -0.15) is 0 Å². The topological polar surface area (TPSA) is 70.8 Å². The van der Waals surface area contributed by atoms with Crippen molar-refractivity contribution in [2.24, 2.45) is 0 Å². The summed E-state index contributed by atoms with van der Waals surface area (Å²) in [6.07, 6.45) is 3.59. The van der Waals surface area contributed by atoms with E-state index in [0.29, 0.717) is 5.75 Å². The first-order valence-corrected chi connectivity index (χ1v) is 6.23. The Morgan fingerprint density at radius 3 is 2.43 bits per heavy atom. The lowest BCUT2D eigenvalue weighted by atomic mass is 10.1. The van der Waals surface area contributed by atoms with Gasteiger partial charge in [0.25, 0.3) is 5.69 Å². The number of nitro groups is 1. The van der Waals surface area contributed by atoms with Gasteiger partial charge in [-0.15, -0.1) is 4.33 Å². The van der Waals surface area contributed by atoms with Gasteiger partial charge in [0.05, 0.1) is 4.92 Å². The van der Waals surface area contributed by atoms with Crippen molar-refractivity contribution in [3.8, 4) is 5.75 Å². The van der Waals surface area contributed by atoms with Crippen LogP contribution in [0, 0.1) is 10.1 Å². The minimum absolute atomic E-state index is 0.0511. The van der Waals surface area contributed by atoms with Crippen LogP contribution in [0.4, 0.5) is 5.69 Å². The largest absolute Gasteiger partial charge is 0.307 e. The van der Waals surface area contributed by atoms with Crippen molar-refractivity contribution in [2.75, 3.05) is 0 Å². The third-order valence-corrected chi connectivity index (χ3v) is 2.69. The molecule has 2 aromatic rings. The second-order valence-electron chi connectivity index (χ2n) is 3.95. The molecule has 0 saturated carbocycles. The Labute approximate surface area is 126 Å². The minimum Gasteiger partial charge on any atom is -0.307 e. The Morgan fingerprint density at radius 2 is 1.76 bits per heavy atom. The predicted octanol–water partition coefficient (Wildman–Crippen LogP) is 3.85. The van der Waals surface area contributed by atoms with Gasteiger partial charge in [-0.1, -0.05) is 30.4 Å². The highest BCUT2D eigenvalue weighted by atomic mass is 32.1. The first kappa shape index (κ1) is 15.0. The summed E-state index contributed by atoms with van der Waals surface area (Å²) in [6.45, 7) is 0. The molecule has 0 fully saturated rings. The van der Waals surface area contributed by atoms with Gasteiger partial charge in [0.15, 0.2) is 5.75 Å². The fraction of sp³-hybridized carbons (Fsp3) is 0. The van der Waals surface area contributed by atoms with Crippen LogP contribution in [0.1, 0.15) is 11.1 Å². The number of hydrogen-bond donors (Lipinski definition) is 1. The number of hydrogen-bond acceptors (Lipinski definition) is 6. The highest BCUT2D eigenvalue weighted by Crippen LogP contribution is 2.21. The van der Waals surface area contributed by atoms with E-state index in [-0.39, 0.29) is 5.69 Å². The molecule has 2 rings (SSSR count). The summed E-state index contributed by atoms with van der Waals surface area (Å²) >= 11 is 3.40. The van der Waals surface area contributed by atoms with Crippen LogP contribution in [-0.2, 0) is 9.37 Å². The van der Waals surface area contributed by atoms with Crippen LogP contribution >= 0.6 is 12.9 Å². The van der Waals surface area contributed by atoms with Crippen molar-refractivity contribution in [2.45, 2.75) is 0 Å². The maximum Gasteiger partial charge on any atom is 0.269 e. The molecule has 2 aromatic carbocycles. The minimum atomic E-state index is -0.439. The molecule has 0 aliphatic heterocycles. The summed E-state index contributed by atoms with van der Waals surface area (Å²) in [5, 5.41) is 14.9. The molecule has 0 N–H and O–H groups in total. The molecule has 0 spiro atoms. The molecule has 0 aliphatic carbocycles. The van der Waals surface area contributed by atoms with Gasteiger partial charge < -0.3 is 4.89 Å². The van der Waals surface area contributed by atoms with Crippen molar-refractivity contribution in [3.05, 3.63) is 69.8 Å². The summed E-state index contributed by atoms with van der Waals surface area (Å²) < 4.78 is 4.08. The van der Waals surface area contributed by atoms with Crippen molar-refractivity contribution in [1.82, 2.24) is 0 Å². The van der Waals surface area contributed by atoms with Gasteiger partial charge in [-0.05, 0) is 28.8 Å². The predicted molar refractivity (Wildman–Crippen MR) is 80.3 cm³/mol. The Morgan fingerprint density at radius 1 is 1.05 bits per heavy atom. The maximum atomic E-state index is 10.6. The summed E-state index contributed by atoms with van der Waals surface area (Å²) in [4.78, 5) is 15.0. The highest BCUT2D eigenvalue weighted by Gasteiger charge is 2.03. The molecule has 0 bridgehead atoms. The zero-order valence-corrected chi connectivity index (χ0v) is 11.6. The van der Waals surface area contributed by atoms with Gasteiger partial charge in [0.2, 0.25) is 0 Å². The quantitative estimate of drug-likeness (QED) is 0.219. The lowest BCUT2D eigenvalue weighted by Gasteiger charge is -2.03. The van der Waals surface area contributed by atoms with Gasteiger partial charge in [-0.3, -0.25) is 10.1 Å². The van der Waals surface area contributed by atoms with Crippen molar-refractivity contribution >= 4 is 30.7 Å². The Balaban J connectivity index is 2.15. The molecule has 0 heterocycles. The van der Waals surface area contributed by atoms with E-state index in [1.54, 1.807) is 36.4 Å². The second-order valence-corrected chi connectivity index (χ2v) is 4.09. The monoisotopic (exact) mass is 305 g/mol. The third kappa shape index (κ3) is 4.32. The Bertz CT molecular complexity index is 642. The van der Waals surface area contributed by atoms with E-state index < -0.39 is 4.92 Å². The Kier molecular flexibility index (Phi) is 5.33. The number of rotatable bonds is 6. The average Bonchev–Trinajstić information content (AvgIpc) is 2.52. The molecule has 0 saturated heterocycles. The van der Waals surface area contributed by atoms with E-state index in [9.17, 15) is 10.1 Å². The molecular formula is C14H11NO5S. The lowest BCUT2D eigenvalue weighted by molar-refractivity contribution is -0.402. The summed E-state index contributed by atoms with van der Waals surface area (Å²) in [6, 6.07) is 13.3. The van der Waals surface area contributed by atoms with E-state index in [1.807, 2.05) is 12.1 Å². The molecule has 0 amide bonds. The average molecular weight is 305 g/mol. The van der Waals surface area contributed by atoms with Crippen LogP contribution in [0.2, 0.25) is 0 Å². The van der Waals surface area contributed by atoms with Crippen LogP contribution < -0.4 is 4.89 Å². The molecule has 0 radical (unpaired) electrons. The van der Waals surface area contributed by atoms with Crippen LogP contribution in [0.15, 0.2) is 48.5 Å². The van der Waals surface area contributed by atoms with Gasteiger partial charge >= 0.3 is 0 Å². The summed E-state index contributed by atoms with van der Waals surface area (Å²) in [5.74, 6) is 0.449. The zero-order chi connectivity index (χ0) is 15.1. The highest BCUT2D eigenvalue weighted by molar-refractivity contribution is 7.74. The molecule has 0 atom stereocenters. The number of non-ortho nitro benzene ring substituents is 1. The van der Waals surface area contributed by atoms with E-state index in [0.717, 1.165) is 11.1 Å². The van der Waals surface area contributed by atoms with E-state index in [2.05, 4.69) is 22.3 Å². The normalized spacial score (nSPS) is 10.7. The Hall–Kier alpha value is -2.35. The van der Waals surface area contributed by atoms with E-state index in [4.69, 9.17) is 4.89 Å². The molecule has 7 heteroatoms. The van der Waals surface area contributed by atoms with Gasteiger partial charge in [-0.25, -0.2) is 0 Å². The number of benzene rings is 2. The zero-order valence-electron chi connectivity index (χ0n) is 10.7. The van der Waals surface area contributed by atoms with Crippen LogP contribution in [-0.4, -0.2) is 4.92 Å². The molecule has 0 unspecified atom stereocenters. The first-order chi connectivity index (χ1) is 10.2. The van der Waals surface area contributed by atoms with E-state index in [1.165, 1.54) is 12.1 Å². The standard InChI is InChI=1S/C14H11NO5S/c16-15(17)13-9-6-11(7-10-13)5-8-12-3-1-2-4-14(12)18-19-20-21/h1-10,21H/b8-5+. The summed E-state index contributed by atoms with van der Waals surface area (Å²) in [7, 11) is 0. The first-order valence-electron chi connectivity index (χ1n) is 5.87. The molecule has 0 aliphatic rings. The second kappa shape index (κ2) is 7.44. The van der Waals surface area contributed by atoms with Crippen LogP contribution in [0.3, 0.4) is 0 Å². The smallest absolute Gasteiger partial charge is 0.269 e. The van der Waals surface area contributed by atoms with Gasteiger partial charge in [0.1, 0.15) is 0 Å². The number of nitro benzene ring substituents is 1. The fourth-order valence-electron chi connectivity index (χ4n) is 1.64. The molecule has 108 valence electrons. The van der Waals surface area contributed by atoms with Crippen molar-refractivity contribution in [1.29, 1.82) is 0 Å². The van der Waals surface area contributed by atoms with Crippen LogP contribution in [0.5, 0.6) is 5.75 Å². The van der Waals surface area contributed by atoms with Crippen LogP contribution in [0.25, 0.3) is 12.2 Å². The SMILES string of the molecule is O=[N+]([O-])c1ccc(/C=C/c2ccccc2OOOS)cc1. The lowest BCUT2D eigenvalue weighted by Crippen LogP contribution is -1.94. The third-order valence-electron chi connectivity index (χ3n) is 2.63. The molecule has 0 aromatic heterocycles. The molecular weight excluding hydrogens is 294 g/mol. The number of nitrogens with zero attached hydrogens (tertiary/aromatic N) is 1. The number of thiol groups is 1. The van der Waals surface area contributed by atoms with Gasteiger partial charge in [0, 0.05) is 30.6 Å². The molecule has 21 heavy (non-hydrogen) atoms. The molecule has 6 nitrogen and oxygen atoms in total. The number of para-hydroxylation sites is 1.